The molecule has 1 aliphatic rings. The molecule has 98 valence electrons. The highest BCUT2D eigenvalue weighted by Gasteiger charge is 2.18. The van der Waals surface area contributed by atoms with E-state index in [2.05, 4.69) is 10.2 Å². The third-order valence-corrected chi connectivity index (χ3v) is 3.24. The summed E-state index contributed by atoms with van der Waals surface area (Å²) in [6.07, 6.45) is 0.0298. The van der Waals surface area contributed by atoms with E-state index in [9.17, 15) is 9.59 Å². The number of carbonyl (C=O) groups excluding carboxylic acids is 1. The topological polar surface area (TPSA) is 78.9 Å². The summed E-state index contributed by atoms with van der Waals surface area (Å²) in [7, 11) is 2.01. The first kappa shape index (κ1) is 14.3. The number of morpholine rings is 1. The zero-order chi connectivity index (χ0) is 12.7. The number of nitrogens with zero attached hydrogens (tertiary/aromatic N) is 1. The second kappa shape index (κ2) is 7.52. The maximum atomic E-state index is 11.4. The quantitative estimate of drug-likeness (QED) is 0.656. The molecule has 6 nitrogen and oxygen atoms in total. The third kappa shape index (κ3) is 6.50. The molecule has 0 aromatic carbocycles. The van der Waals surface area contributed by atoms with Gasteiger partial charge in [0, 0.05) is 19.6 Å². The summed E-state index contributed by atoms with van der Waals surface area (Å²) in [5.41, 5.74) is 0. The van der Waals surface area contributed by atoms with Crippen molar-refractivity contribution in [3.8, 4) is 0 Å². The first-order chi connectivity index (χ1) is 8.08. The van der Waals surface area contributed by atoms with Gasteiger partial charge in [0.2, 0.25) is 5.91 Å². The highest BCUT2D eigenvalue weighted by atomic mass is 32.2. The van der Waals surface area contributed by atoms with Gasteiger partial charge in [-0.05, 0) is 7.05 Å². The van der Waals surface area contributed by atoms with Gasteiger partial charge >= 0.3 is 5.97 Å². The van der Waals surface area contributed by atoms with E-state index in [1.165, 1.54) is 0 Å². The molecule has 1 saturated heterocycles. The molecule has 1 aliphatic heterocycles. The van der Waals surface area contributed by atoms with Gasteiger partial charge in [-0.3, -0.25) is 9.59 Å². The van der Waals surface area contributed by atoms with E-state index in [0.29, 0.717) is 13.2 Å². The lowest BCUT2D eigenvalue weighted by molar-refractivity contribution is -0.133. The number of nitrogens with one attached hydrogen (secondary N) is 1. The van der Waals surface area contributed by atoms with Gasteiger partial charge in [-0.15, -0.1) is 11.8 Å². The molecule has 0 aromatic heterocycles. The Kier molecular flexibility index (Phi) is 6.31. The molecule has 1 rings (SSSR count). The first-order valence-corrected chi connectivity index (χ1v) is 6.60. The number of carboxylic acid groups (broad SMARTS) is 1. The van der Waals surface area contributed by atoms with Crippen LogP contribution in [0.3, 0.4) is 0 Å². The second-order valence-electron chi connectivity index (χ2n) is 3.95. The van der Waals surface area contributed by atoms with Gasteiger partial charge < -0.3 is 20.1 Å². The number of rotatable bonds is 6. The number of carbonyl (C=O) groups is 2. The number of hydrogen-bond acceptors (Lipinski definition) is 5. The third-order valence-electron chi connectivity index (χ3n) is 2.33. The summed E-state index contributed by atoms with van der Waals surface area (Å²) in [5.74, 6) is -0.918. The predicted octanol–water partition coefficient (Wildman–Crippen LogP) is -0.749. The molecule has 0 bridgehead atoms. The average Bonchev–Trinajstić information content (AvgIpc) is 2.26. The molecule has 1 fully saturated rings. The molecule has 0 aromatic rings. The molecule has 7 heteroatoms. The Bertz CT molecular complexity index is 275. The summed E-state index contributed by atoms with van der Waals surface area (Å²) in [6, 6.07) is 0. The second-order valence-corrected chi connectivity index (χ2v) is 4.93. The van der Waals surface area contributed by atoms with Crippen molar-refractivity contribution in [2.75, 3.05) is 44.8 Å². The van der Waals surface area contributed by atoms with Crippen LogP contribution in [0.1, 0.15) is 0 Å². The van der Waals surface area contributed by atoms with E-state index in [1.807, 2.05) is 7.05 Å². The van der Waals surface area contributed by atoms with Gasteiger partial charge in [0.15, 0.2) is 0 Å². The number of amides is 1. The standard InChI is InChI=1S/C10H18N2O4S/c1-12-2-3-16-8(5-12)4-11-9(13)6-17-7-10(14)15/h8H,2-7H2,1H3,(H,11,13)(H,14,15). The van der Waals surface area contributed by atoms with Crippen LogP contribution in [-0.4, -0.2) is 72.8 Å². The molecule has 1 unspecified atom stereocenters. The number of likely N-dealkylation sites (N-methyl/N-ethyl adjacent to an activating group) is 1. The Morgan fingerprint density at radius 2 is 2.29 bits per heavy atom. The fraction of sp³-hybridized carbons (Fsp3) is 0.800. The summed E-state index contributed by atoms with van der Waals surface area (Å²) in [4.78, 5) is 23.8. The van der Waals surface area contributed by atoms with Gasteiger partial charge in [0.1, 0.15) is 0 Å². The number of aliphatic carboxylic acids is 1. The van der Waals surface area contributed by atoms with Crippen LogP contribution in [-0.2, 0) is 14.3 Å². The minimum Gasteiger partial charge on any atom is -0.481 e. The smallest absolute Gasteiger partial charge is 0.313 e. The lowest BCUT2D eigenvalue weighted by Crippen LogP contribution is -2.46. The maximum Gasteiger partial charge on any atom is 0.313 e. The van der Waals surface area contributed by atoms with Gasteiger partial charge in [-0.2, -0.15) is 0 Å². The van der Waals surface area contributed by atoms with Crippen molar-refractivity contribution < 1.29 is 19.4 Å². The van der Waals surface area contributed by atoms with Crippen molar-refractivity contribution in [2.45, 2.75) is 6.10 Å². The van der Waals surface area contributed by atoms with Crippen molar-refractivity contribution in [1.82, 2.24) is 10.2 Å². The van der Waals surface area contributed by atoms with Crippen LogP contribution in [0.15, 0.2) is 0 Å². The van der Waals surface area contributed by atoms with Crippen LogP contribution in [0.4, 0.5) is 0 Å². The molecule has 17 heavy (non-hydrogen) atoms. The Balaban J connectivity index is 2.08. The van der Waals surface area contributed by atoms with E-state index < -0.39 is 5.97 Å². The lowest BCUT2D eigenvalue weighted by atomic mass is 10.3. The van der Waals surface area contributed by atoms with Gasteiger partial charge in [-0.25, -0.2) is 0 Å². The molecule has 0 aliphatic carbocycles. The molecular weight excluding hydrogens is 244 g/mol. The summed E-state index contributed by atoms with van der Waals surface area (Å²) >= 11 is 1.09. The lowest BCUT2D eigenvalue weighted by Gasteiger charge is -2.30. The molecule has 0 radical (unpaired) electrons. The Labute approximate surface area is 105 Å². The van der Waals surface area contributed by atoms with Crippen molar-refractivity contribution in [3.63, 3.8) is 0 Å². The molecule has 2 N–H and O–H groups in total. The van der Waals surface area contributed by atoms with E-state index in [4.69, 9.17) is 9.84 Å². The van der Waals surface area contributed by atoms with Crippen LogP contribution in [0.25, 0.3) is 0 Å². The maximum absolute atomic E-state index is 11.4. The first-order valence-electron chi connectivity index (χ1n) is 5.44. The highest BCUT2D eigenvalue weighted by molar-refractivity contribution is 8.00. The molecule has 0 spiro atoms. The number of hydrogen-bond donors (Lipinski definition) is 2. The monoisotopic (exact) mass is 262 g/mol. The molecule has 1 amide bonds. The Hall–Kier alpha value is -0.790. The van der Waals surface area contributed by atoms with Crippen LogP contribution in [0.5, 0.6) is 0 Å². The van der Waals surface area contributed by atoms with E-state index in [0.717, 1.165) is 24.9 Å². The predicted molar refractivity (Wildman–Crippen MR) is 65.2 cm³/mol. The fourth-order valence-corrected chi connectivity index (χ4v) is 2.06. The van der Waals surface area contributed by atoms with Gasteiger partial charge in [-0.1, -0.05) is 0 Å². The Morgan fingerprint density at radius 3 is 2.94 bits per heavy atom. The number of thioether (sulfide) groups is 1. The molecular formula is C10H18N2O4S. The highest BCUT2D eigenvalue weighted by Crippen LogP contribution is 2.02. The van der Waals surface area contributed by atoms with Crippen LogP contribution < -0.4 is 5.32 Å². The molecule has 1 heterocycles. The van der Waals surface area contributed by atoms with Crippen molar-refractivity contribution in [3.05, 3.63) is 0 Å². The van der Waals surface area contributed by atoms with E-state index >= 15 is 0 Å². The minimum absolute atomic E-state index is 0.0298. The molecule has 0 saturated carbocycles. The normalized spacial score (nSPS) is 21.1. The summed E-state index contributed by atoms with van der Waals surface area (Å²) in [6.45, 7) is 2.89. The zero-order valence-electron chi connectivity index (χ0n) is 9.85. The van der Waals surface area contributed by atoms with Crippen molar-refractivity contribution in [1.29, 1.82) is 0 Å². The molecule has 1 atom stereocenters. The van der Waals surface area contributed by atoms with Crippen molar-refractivity contribution in [2.24, 2.45) is 0 Å². The van der Waals surface area contributed by atoms with Crippen LogP contribution in [0, 0.1) is 0 Å². The summed E-state index contributed by atoms with van der Waals surface area (Å²) < 4.78 is 5.48. The Morgan fingerprint density at radius 1 is 1.53 bits per heavy atom. The van der Waals surface area contributed by atoms with Gasteiger partial charge in [0.05, 0.1) is 24.2 Å². The number of ether oxygens (including phenoxy) is 1. The number of carboxylic acids is 1. The van der Waals surface area contributed by atoms with E-state index in [1.54, 1.807) is 0 Å². The van der Waals surface area contributed by atoms with Gasteiger partial charge in [0.25, 0.3) is 0 Å². The largest absolute Gasteiger partial charge is 0.481 e. The van der Waals surface area contributed by atoms with Crippen LogP contribution in [0.2, 0.25) is 0 Å². The zero-order valence-corrected chi connectivity index (χ0v) is 10.7. The fourth-order valence-electron chi connectivity index (χ4n) is 1.50. The SMILES string of the molecule is CN1CCOC(CNC(=O)CSCC(=O)O)C1. The average molecular weight is 262 g/mol. The van der Waals surface area contributed by atoms with E-state index in [-0.39, 0.29) is 23.5 Å². The van der Waals surface area contributed by atoms with Crippen molar-refractivity contribution >= 4 is 23.6 Å². The summed E-state index contributed by atoms with van der Waals surface area (Å²) in [5, 5.41) is 11.2. The minimum atomic E-state index is -0.903. The van der Waals surface area contributed by atoms with Crippen LogP contribution >= 0.6 is 11.8 Å².